The van der Waals surface area contributed by atoms with Crippen LogP contribution in [0.3, 0.4) is 0 Å². The molecule has 5 rings (SSSR count). The van der Waals surface area contributed by atoms with E-state index in [0.717, 1.165) is 42.3 Å². The highest BCUT2D eigenvalue weighted by Crippen LogP contribution is 2.33. The van der Waals surface area contributed by atoms with E-state index in [4.69, 9.17) is 23.2 Å². The molecular weight excluding hydrogens is 607 g/mol. The van der Waals surface area contributed by atoms with Gasteiger partial charge in [0.15, 0.2) is 0 Å². The van der Waals surface area contributed by atoms with Gasteiger partial charge in [-0.15, -0.1) is 0 Å². The van der Waals surface area contributed by atoms with Crippen molar-refractivity contribution in [2.45, 2.75) is 59.2 Å². The quantitative estimate of drug-likeness (QED) is 0.247. The molecule has 0 saturated carbocycles. The molecule has 2 heterocycles. The van der Waals surface area contributed by atoms with Gasteiger partial charge in [-0.3, -0.25) is 9.69 Å². The molecule has 2 aliphatic rings. The zero-order valence-corrected chi connectivity index (χ0v) is 28.2. The van der Waals surface area contributed by atoms with E-state index < -0.39 is 0 Å². The van der Waals surface area contributed by atoms with E-state index in [1.807, 2.05) is 54.6 Å². The molecule has 240 valence electrons. The monoisotopic (exact) mass is 650 g/mol. The number of piperazine rings is 1. The van der Waals surface area contributed by atoms with Crippen molar-refractivity contribution in [2.24, 2.45) is 0 Å². The maximum Gasteiger partial charge on any atom is 0.322 e. The highest BCUT2D eigenvalue weighted by atomic mass is 35.5. The molecule has 0 atom stereocenters. The number of anilines is 4. The van der Waals surface area contributed by atoms with Crippen LogP contribution >= 0.6 is 23.2 Å². The number of benzene rings is 3. The van der Waals surface area contributed by atoms with Crippen LogP contribution in [0.25, 0.3) is 0 Å². The third-order valence-electron chi connectivity index (χ3n) is 8.66. The molecule has 3 aromatic rings. The fraction of sp³-hybridized carbons (Fsp3) is 0.429. The molecule has 0 spiro atoms. The molecule has 2 fully saturated rings. The standard InChI is InChI=1S/C35H44Cl2N6O2/c1-24(2)43(25(3)4)23-26-20-31(36)33(32(37)21-26)39-35(45)42-18-16-41(17-19-42)29-12-10-28(11-13-29)38-34(44)27-8-7-9-30(22-27)40-14-5-6-15-40/h7-13,20-22,24-25H,5-6,14-19,23H2,1-4H3,(H,38,44)(H,39,45). The van der Waals surface area contributed by atoms with Gasteiger partial charge in [0.25, 0.3) is 5.91 Å². The van der Waals surface area contributed by atoms with Gasteiger partial charge in [0, 0.05) is 80.5 Å². The van der Waals surface area contributed by atoms with Crippen molar-refractivity contribution in [2.75, 3.05) is 59.7 Å². The Hall–Kier alpha value is -3.46. The summed E-state index contributed by atoms with van der Waals surface area (Å²) in [4.78, 5) is 34.8. The summed E-state index contributed by atoms with van der Waals surface area (Å²) in [7, 11) is 0. The van der Waals surface area contributed by atoms with E-state index in [0.29, 0.717) is 59.6 Å². The van der Waals surface area contributed by atoms with E-state index >= 15 is 0 Å². The largest absolute Gasteiger partial charge is 0.372 e. The number of carbonyl (C=O) groups is 2. The Labute approximate surface area is 277 Å². The average molecular weight is 652 g/mol. The van der Waals surface area contributed by atoms with Crippen LogP contribution in [0, 0.1) is 0 Å². The van der Waals surface area contributed by atoms with Gasteiger partial charge in [-0.25, -0.2) is 4.79 Å². The highest BCUT2D eigenvalue weighted by molar-refractivity contribution is 6.39. The number of urea groups is 1. The Morgan fingerprint density at radius 3 is 1.96 bits per heavy atom. The molecule has 0 unspecified atom stereocenters. The van der Waals surface area contributed by atoms with Gasteiger partial charge < -0.3 is 25.3 Å². The lowest BCUT2D eigenvalue weighted by Crippen LogP contribution is -2.50. The van der Waals surface area contributed by atoms with E-state index in [-0.39, 0.29) is 11.9 Å². The topological polar surface area (TPSA) is 71.2 Å². The van der Waals surface area contributed by atoms with Gasteiger partial charge in [-0.2, -0.15) is 0 Å². The van der Waals surface area contributed by atoms with Crippen LogP contribution in [-0.2, 0) is 6.54 Å². The van der Waals surface area contributed by atoms with Crippen LogP contribution in [0.2, 0.25) is 10.0 Å². The molecule has 45 heavy (non-hydrogen) atoms. The summed E-state index contributed by atoms with van der Waals surface area (Å²) >= 11 is 13.2. The number of hydrogen-bond acceptors (Lipinski definition) is 5. The summed E-state index contributed by atoms with van der Waals surface area (Å²) in [5, 5.41) is 6.82. The van der Waals surface area contributed by atoms with Gasteiger partial charge >= 0.3 is 6.03 Å². The van der Waals surface area contributed by atoms with Crippen molar-refractivity contribution in [3.63, 3.8) is 0 Å². The second kappa shape index (κ2) is 14.8. The van der Waals surface area contributed by atoms with Crippen molar-refractivity contribution in [3.8, 4) is 0 Å². The van der Waals surface area contributed by atoms with Crippen LogP contribution in [0.15, 0.2) is 60.7 Å². The molecule has 3 amide bonds. The van der Waals surface area contributed by atoms with E-state index in [1.165, 1.54) is 12.8 Å². The SMILES string of the molecule is CC(C)N(Cc1cc(Cl)c(NC(=O)N2CCN(c3ccc(NC(=O)c4cccc(N5CCCC5)c4)cc3)CC2)c(Cl)c1)C(C)C. The minimum Gasteiger partial charge on any atom is -0.372 e. The summed E-state index contributed by atoms with van der Waals surface area (Å²) in [6, 6.07) is 20.0. The van der Waals surface area contributed by atoms with Crippen molar-refractivity contribution >= 4 is 57.9 Å². The highest BCUT2D eigenvalue weighted by Gasteiger charge is 2.24. The van der Waals surface area contributed by atoms with Crippen LogP contribution in [-0.4, -0.2) is 73.1 Å². The first-order valence-corrected chi connectivity index (χ1v) is 16.7. The fourth-order valence-corrected chi connectivity index (χ4v) is 6.77. The van der Waals surface area contributed by atoms with Crippen molar-refractivity contribution < 1.29 is 9.59 Å². The minimum atomic E-state index is -0.218. The average Bonchev–Trinajstić information content (AvgIpc) is 3.57. The van der Waals surface area contributed by atoms with E-state index in [2.05, 4.69) is 59.1 Å². The van der Waals surface area contributed by atoms with Gasteiger partial charge in [0.2, 0.25) is 0 Å². The number of halogens is 2. The van der Waals surface area contributed by atoms with Crippen molar-refractivity contribution in [3.05, 3.63) is 81.8 Å². The first kappa shape index (κ1) is 32.9. The summed E-state index contributed by atoms with van der Waals surface area (Å²) in [5.41, 5.74) is 4.99. The molecule has 0 aliphatic carbocycles. The van der Waals surface area contributed by atoms with Crippen molar-refractivity contribution in [1.82, 2.24) is 9.80 Å². The fourth-order valence-electron chi connectivity index (χ4n) is 6.14. The van der Waals surface area contributed by atoms with E-state index in [1.54, 1.807) is 4.90 Å². The van der Waals surface area contributed by atoms with Gasteiger partial charge in [-0.1, -0.05) is 29.3 Å². The predicted molar refractivity (Wildman–Crippen MR) is 187 cm³/mol. The molecule has 2 aliphatic heterocycles. The lowest BCUT2D eigenvalue weighted by molar-refractivity contribution is 0.102. The zero-order chi connectivity index (χ0) is 32.1. The molecule has 10 heteroatoms. The molecule has 0 aromatic heterocycles. The first-order valence-electron chi connectivity index (χ1n) is 15.9. The predicted octanol–water partition coefficient (Wildman–Crippen LogP) is 7.82. The summed E-state index contributed by atoms with van der Waals surface area (Å²) in [5.74, 6) is -0.119. The van der Waals surface area contributed by atoms with Crippen LogP contribution in [0.5, 0.6) is 0 Å². The molecule has 2 saturated heterocycles. The lowest BCUT2D eigenvalue weighted by Gasteiger charge is -2.36. The number of nitrogens with zero attached hydrogens (tertiary/aromatic N) is 4. The Morgan fingerprint density at radius 1 is 0.756 bits per heavy atom. The Bertz CT molecular complexity index is 1450. The van der Waals surface area contributed by atoms with Crippen LogP contribution in [0.1, 0.15) is 56.5 Å². The van der Waals surface area contributed by atoms with Gasteiger partial charge in [-0.05, 0) is 101 Å². The molecule has 2 N–H and O–H groups in total. The Balaban J connectivity index is 1.13. The minimum absolute atomic E-state index is 0.119. The number of hydrogen-bond donors (Lipinski definition) is 2. The van der Waals surface area contributed by atoms with Gasteiger partial charge in [0.1, 0.15) is 0 Å². The number of amides is 3. The first-order chi connectivity index (χ1) is 21.6. The molecule has 0 bridgehead atoms. The number of nitrogens with one attached hydrogen (secondary N) is 2. The second-order valence-electron chi connectivity index (χ2n) is 12.4. The summed E-state index contributed by atoms with van der Waals surface area (Å²) < 4.78 is 0. The third kappa shape index (κ3) is 8.23. The van der Waals surface area contributed by atoms with E-state index in [9.17, 15) is 9.59 Å². The zero-order valence-electron chi connectivity index (χ0n) is 26.7. The molecular formula is C35H44Cl2N6O2. The Kier molecular flexibility index (Phi) is 10.8. The Morgan fingerprint density at radius 2 is 1.36 bits per heavy atom. The second-order valence-corrected chi connectivity index (χ2v) is 13.3. The summed E-state index contributed by atoms with van der Waals surface area (Å²) in [6.45, 7) is 14.0. The maximum absolute atomic E-state index is 13.1. The van der Waals surface area contributed by atoms with Gasteiger partial charge in [0.05, 0.1) is 15.7 Å². The van der Waals surface area contributed by atoms with Crippen LogP contribution < -0.4 is 20.4 Å². The third-order valence-corrected chi connectivity index (χ3v) is 9.26. The summed E-state index contributed by atoms with van der Waals surface area (Å²) in [6.07, 6.45) is 2.39. The molecule has 0 radical (unpaired) electrons. The lowest BCUT2D eigenvalue weighted by atomic mass is 10.1. The number of carbonyl (C=O) groups excluding carboxylic acids is 2. The van der Waals surface area contributed by atoms with Crippen molar-refractivity contribution in [1.29, 1.82) is 0 Å². The molecule has 3 aromatic carbocycles. The normalized spacial score (nSPS) is 15.4. The maximum atomic E-state index is 13.1. The number of rotatable bonds is 9. The van der Waals surface area contributed by atoms with Crippen LogP contribution in [0.4, 0.5) is 27.5 Å². The molecule has 8 nitrogen and oxygen atoms in total. The smallest absolute Gasteiger partial charge is 0.322 e.